The molecule has 0 aliphatic heterocycles. The van der Waals surface area contributed by atoms with Crippen molar-refractivity contribution in [1.82, 2.24) is 5.16 Å². The van der Waals surface area contributed by atoms with E-state index in [-0.39, 0.29) is 5.75 Å². The van der Waals surface area contributed by atoms with E-state index in [9.17, 15) is 13.2 Å². The fraction of sp³-hybridized carbons (Fsp3) is 0.0625. The van der Waals surface area contributed by atoms with E-state index < -0.39 is 6.36 Å². The van der Waals surface area contributed by atoms with Crippen LogP contribution < -0.4 is 10.5 Å². The van der Waals surface area contributed by atoms with Crippen LogP contribution in [0.2, 0.25) is 0 Å². The smallest absolute Gasteiger partial charge is 0.406 e. The van der Waals surface area contributed by atoms with Crippen molar-refractivity contribution in [3.8, 4) is 16.9 Å². The van der Waals surface area contributed by atoms with Gasteiger partial charge in [0.25, 0.3) is 0 Å². The van der Waals surface area contributed by atoms with Gasteiger partial charge in [-0.3, -0.25) is 0 Å². The Morgan fingerprint density at radius 3 is 2.48 bits per heavy atom. The van der Waals surface area contributed by atoms with Gasteiger partial charge < -0.3 is 15.0 Å². The van der Waals surface area contributed by atoms with Crippen molar-refractivity contribution in [3.63, 3.8) is 0 Å². The molecule has 3 rings (SSSR count). The molecule has 9 heteroatoms. The van der Waals surface area contributed by atoms with Crippen molar-refractivity contribution in [3.05, 3.63) is 42.5 Å². The highest BCUT2D eigenvalue weighted by molar-refractivity contribution is 5.92. The van der Waals surface area contributed by atoms with Gasteiger partial charge in [-0.25, -0.2) is 9.98 Å². The van der Waals surface area contributed by atoms with E-state index in [1.165, 1.54) is 30.6 Å². The van der Waals surface area contributed by atoms with Crippen LogP contribution in [0.1, 0.15) is 0 Å². The summed E-state index contributed by atoms with van der Waals surface area (Å²) in [5.74, 6) is 0.0340. The number of rotatable bonds is 4. The van der Waals surface area contributed by atoms with Gasteiger partial charge in [-0.15, -0.1) is 13.2 Å². The molecule has 128 valence electrons. The molecule has 0 amide bonds. The molecule has 2 N–H and O–H groups in total. The summed E-state index contributed by atoms with van der Waals surface area (Å²) < 4.78 is 45.6. The minimum Gasteiger partial charge on any atom is -0.406 e. The molecule has 0 spiro atoms. The Balaban J connectivity index is 1.92. The van der Waals surface area contributed by atoms with Crippen molar-refractivity contribution in [2.24, 2.45) is 15.7 Å². The number of aromatic nitrogens is 1. The minimum absolute atomic E-state index is 0.285. The van der Waals surface area contributed by atoms with Crippen LogP contribution in [0.5, 0.6) is 5.75 Å². The maximum atomic E-state index is 12.2. The first-order valence-electron chi connectivity index (χ1n) is 6.98. The van der Waals surface area contributed by atoms with E-state index >= 15 is 0 Å². The molecule has 0 unspecified atom stereocenters. The highest BCUT2D eigenvalue weighted by Crippen LogP contribution is 2.31. The average molecular weight is 348 g/mol. The second-order valence-electron chi connectivity index (χ2n) is 4.83. The zero-order chi connectivity index (χ0) is 17.9. The molecule has 0 saturated carbocycles. The second-order valence-corrected chi connectivity index (χ2v) is 4.83. The van der Waals surface area contributed by atoms with Gasteiger partial charge in [0.2, 0.25) is 5.82 Å². The van der Waals surface area contributed by atoms with Crippen molar-refractivity contribution < 1.29 is 22.4 Å². The SMILES string of the molecule is NC=NC=Nc1noc2ccc(-c3ccc(OC(F)(F)F)cc3)cc12. The molecule has 0 saturated heterocycles. The van der Waals surface area contributed by atoms with Crippen molar-refractivity contribution >= 4 is 29.5 Å². The summed E-state index contributed by atoms with van der Waals surface area (Å²) in [6.07, 6.45) is -2.41. The fourth-order valence-electron chi connectivity index (χ4n) is 2.17. The summed E-state index contributed by atoms with van der Waals surface area (Å²) in [7, 11) is 0. The van der Waals surface area contributed by atoms with Crippen LogP contribution in [0, 0.1) is 0 Å². The summed E-state index contributed by atoms with van der Waals surface area (Å²) in [6, 6.07) is 10.8. The quantitative estimate of drug-likeness (QED) is 0.569. The molecule has 1 aromatic heterocycles. The number of nitrogens with two attached hydrogens (primary N) is 1. The number of ether oxygens (including phenoxy) is 1. The highest BCUT2D eigenvalue weighted by Gasteiger charge is 2.30. The Labute approximate surface area is 139 Å². The maximum Gasteiger partial charge on any atom is 0.573 e. The molecule has 0 radical (unpaired) electrons. The van der Waals surface area contributed by atoms with Crippen LogP contribution in [-0.4, -0.2) is 24.2 Å². The van der Waals surface area contributed by atoms with Gasteiger partial charge >= 0.3 is 6.36 Å². The second kappa shape index (κ2) is 6.63. The average Bonchev–Trinajstić information content (AvgIpc) is 2.97. The van der Waals surface area contributed by atoms with Crippen LogP contribution in [0.25, 0.3) is 22.1 Å². The molecule has 0 fully saturated rings. The van der Waals surface area contributed by atoms with Crippen molar-refractivity contribution in [2.75, 3.05) is 0 Å². The number of halogens is 3. The van der Waals surface area contributed by atoms with Crippen LogP contribution in [0.4, 0.5) is 19.0 Å². The lowest BCUT2D eigenvalue weighted by molar-refractivity contribution is -0.274. The standard InChI is InChI=1S/C16H11F3N4O2/c17-16(18,19)24-12-4-1-10(2-5-12)11-3-6-14-13(7-11)15(23-25-14)22-9-21-8-20/h1-9H,(H2,20,21,22,23). The van der Waals surface area contributed by atoms with Crippen LogP contribution in [0.15, 0.2) is 57.0 Å². The molecule has 1 heterocycles. The molecule has 0 bridgehead atoms. The monoisotopic (exact) mass is 348 g/mol. The van der Waals surface area contributed by atoms with Crippen LogP contribution in [0.3, 0.4) is 0 Å². The van der Waals surface area contributed by atoms with E-state index in [2.05, 4.69) is 19.9 Å². The molecule has 0 aliphatic carbocycles. The molecule has 2 aromatic carbocycles. The summed E-state index contributed by atoms with van der Waals surface area (Å²) in [5, 5.41) is 4.46. The number of nitrogens with zero attached hydrogens (tertiary/aromatic N) is 3. The third-order valence-corrected chi connectivity index (χ3v) is 3.20. The predicted molar refractivity (Wildman–Crippen MR) is 87.0 cm³/mol. The van der Waals surface area contributed by atoms with Gasteiger partial charge in [-0.05, 0) is 35.4 Å². The van der Waals surface area contributed by atoms with Crippen LogP contribution >= 0.6 is 0 Å². The summed E-state index contributed by atoms with van der Waals surface area (Å²) in [5.41, 5.74) is 7.10. The normalized spacial score (nSPS) is 12.4. The number of hydrogen-bond donors (Lipinski definition) is 1. The van der Waals surface area contributed by atoms with Gasteiger partial charge in [0.05, 0.1) is 11.7 Å². The Morgan fingerprint density at radius 2 is 1.80 bits per heavy atom. The number of aliphatic imine (C=N–C) groups is 2. The van der Waals surface area contributed by atoms with Gasteiger partial charge in [0.15, 0.2) is 5.58 Å². The molecule has 3 aromatic rings. The lowest BCUT2D eigenvalue weighted by Gasteiger charge is -2.09. The molecule has 0 aliphatic rings. The summed E-state index contributed by atoms with van der Waals surface area (Å²) in [4.78, 5) is 7.67. The molecule has 6 nitrogen and oxygen atoms in total. The van der Waals surface area contributed by atoms with Crippen molar-refractivity contribution in [2.45, 2.75) is 6.36 Å². The highest BCUT2D eigenvalue weighted by atomic mass is 19.4. The fourth-order valence-corrected chi connectivity index (χ4v) is 2.17. The van der Waals surface area contributed by atoms with Gasteiger partial charge in [-0.1, -0.05) is 23.4 Å². The third-order valence-electron chi connectivity index (χ3n) is 3.20. The van der Waals surface area contributed by atoms with Gasteiger partial charge in [0, 0.05) is 0 Å². The van der Waals surface area contributed by atoms with Crippen molar-refractivity contribution in [1.29, 1.82) is 0 Å². The zero-order valence-electron chi connectivity index (χ0n) is 12.6. The summed E-state index contributed by atoms with van der Waals surface area (Å²) in [6.45, 7) is 0. The van der Waals surface area contributed by atoms with E-state index in [0.717, 1.165) is 11.9 Å². The summed E-state index contributed by atoms with van der Waals surface area (Å²) >= 11 is 0. The number of hydrogen-bond acceptors (Lipinski definition) is 4. The molecular formula is C16H11F3N4O2. The Bertz CT molecular complexity index is 931. The van der Waals surface area contributed by atoms with E-state index in [1.54, 1.807) is 18.2 Å². The van der Waals surface area contributed by atoms with Gasteiger partial charge in [-0.2, -0.15) is 0 Å². The first-order valence-corrected chi connectivity index (χ1v) is 6.98. The molecular weight excluding hydrogens is 337 g/mol. The zero-order valence-corrected chi connectivity index (χ0v) is 12.6. The first kappa shape index (κ1) is 16.5. The Hall–Kier alpha value is -3.36. The first-order chi connectivity index (χ1) is 12.0. The van der Waals surface area contributed by atoms with E-state index in [4.69, 9.17) is 10.3 Å². The molecule has 25 heavy (non-hydrogen) atoms. The number of alkyl halides is 3. The van der Waals surface area contributed by atoms with E-state index in [0.29, 0.717) is 22.4 Å². The largest absolute Gasteiger partial charge is 0.573 e. The van der Waals surface area contributed by atoms with Gasteiger partial charge in [0.1, 0.15) is 12.1 Å². The lowest BCUT2D eigenvalue weighted by Crippen LogP contribution is -2.16. The Kier molecular flexibility index (Phi) is 4.38. The molecule has 0 atom stereocenters. The predicted octanol–water partition coefficient (Wildman–Crippen LogP) is 4.04. The van der Waals surface area contributed by atoms with Crippen LogP contribution in [-0.2, 0) is 0 Å². The van der Waals surface area contributed by atoms with E-state index in [1.807, 2.05) is 0 Å². The topological polar surface area (TPSA) is 86.0 Å². The minimum atomic E-state index is -4.72. The Morgan fingerprint density at radius 1 is 1.08 bits per heavy atom. The number of fused-ring (bicyclic) bond motifs is 1. The maximum absolute atomic E-state index is 12.2. The number of benzene rings is 2. The lowest BCUT2D eigenvalue weighted by atomic mass is 10.0. The third kappa shape index (κ3) is 3.94.